The topological polar surface area (TPSA) is 56.8 Å². The number of nitrogens with two attached hydrogens (primary N) is 1. The van der Waals surface area contributed by atoms with Crippen LogP contribution in [0.2, 0.25) is 0 Å². The van der Waals surface area contributed by atoms with Crippen molar-refractivity contribution in [3.05, 3.63) is 29.6 Å². The molecule has 0 radical (unpaired) electrons. The van der Waals surface area contributed by atoms with E-state index in [1.54, 1.807) is 18.3 Å². The summed E-state index contributed by atoms with van der Waals surface area (Å²) in [6.45, 7) is 2.73. The summed E-state index contributed by atoms with van der Waals surface area (Å²) in [5.41, 5.74) is 6.22. The second kappa shape index (κ2) is 6.98. The van der Waals surface area contributed by atoms with Crippen LogP contribution < -0.4 is 10.5 Å². The SMILES string of the molecule is CCOC(CN)/N=C/c1ccc(F)c(OC)c1. The number of benzene rings is 1. The largest absolute Gasteiger partial charge is 0.494 e. The molecule has 0 aliphatic carbocycles. The normalized spacial score (nSPS) is 12.9. The van der Waals surface area contributed by atoms with Gasteiger partial charge in [0.1, 0.15) is 0 Å². The Morgan fingerprint density at radius 2 is 2.29 bits per heavy atom. The summed E-state index contributed by atoms with van der Waals surface area (Å²) in [6.07, 6.45) is 1.23. The standard InChI is InChI=1S/C12H17FN2O2/c1-3-17-12(7-14)15-8-9-4-5-10(13)11(6-9)16-2/h4-6,8,12H,3,7,14H2,1-2H3/b15-8+. The minimum absolute atomic E-state index is 0.189. The molecule has 0 bridgehead atoms. The molecular weight excluding hydrogens is 223 g/mol. The molecule has 17 heavy (non-hydrogen) atoms. The summed E-state index contributed by atoms with van der Waals surface area (Å²) in [5, 5.41) is 0. The van der Waals surface area contributed by atoms with E-state index < -0.39 is 5.82 Å². The first-order valence-electron chi connectivity index (χ1n) is 5.39. The third-order valence-electron chi connectivity index (χ3n) is 2.13. The average Bonchev–Trinajstić information content (AvgIpc) is 2.36. The van der Waals surface area contributed by atoms with E-state index in [4.69, 9.17) is 15.2 Å². The molecule has 0 spiro atoms. The zero-order chi connectivity index (χ0) is 12.7. The highest BCUT2D eigenvalue weighted by molar-refractivity contribution is 5.80. The van der Waals surface area contributed by atoms with Crippen LogP contribution in [0.25, 0.3) is 0 Å². The fraction of sp³-hybridized carbons (Fsp3) is 0.417. The predicted molar refractivity (Wildman–Crippen MR) is 65.0 cm³/mol. The molecule has 1 unspecified atom stereocenters. The summed E-state index contributed by atoms with van der Waals surface area (Å²) >= 11 is 0. The minimum atomic E-state index is -0.398. The molecule has 1 rings (SSSR count). The Labute approximate surface area is 100 Å². The van der Waals surface area contributed by atoms with Gasteiger partial charge in [-0.3, -0.25) is 4.99 Å². The molecule has 2 N–H and O–H groups in total. The summed E-state index contributed by atoms with van der Waals surface area (Å²) in [5.74, 6) is -0.209. The summed E-state index contributed by atoms with van der Waals surface area (Å²) in [6, 6.07) is 4.51. The van der Waals surface area contributed by atoms with E-state index in [1.165, 1.54) is 13.2 Å². The lowest BCUT2D eigenvalue weighted by Crippen LogP contribution is -2.21. The summed E-state index contributed by atoms with van der Waals surface area (Å²) in [4.78, 5) is 4.16. The number of nitrogens with zero attached hydrogens (tertiary/aromatic N) is 1. The molecule has 0 saturated carbocycles. The van der Waals surface area contributed by atoms with Gasteiger partial charge in [0.05, 0.1) is 7.11 Å². The molecule has 1 atom stereocenters. The van der Waals surface area contributed by atoms with Gasteiger partial charge in [-0.2, -0.15) is 0 Å². The van der Waals surface area contributed by atoms with Crippen LogP contribution in [0.1, 0.15) is 12.5 Å². The van der Waals surface area contributed by atoms with Gasteiger partial charge < -0.3 is 15.2 Å². The Morgan fingerprint density at radius 3 is 2.88 bits per heavy atom. The molecule has 94 valence electrons. The molecule has 5 heteroatoms. The molecule has 0 saturated heterocycles. The zero-order valence-corrected chi connectivity index (χ0v) is 10.0. The first-order valence-corrected chi connectivity index (χ1v) is 5.39. The van der Waals surface area contributed by atoms with Gasteiger partial charge in [0.25, 0.3) is 0 Å². The third-order valence-corrected chi connectivity index (χ3v) is 2.13. The van der Waals surface area contributed by atoms with Crippen LogP contribution in [0.3, 0.4) is 0 Å². The van der Waals surface area contributed by atoms with Gasteiger partial charge in [-0.25, -0.2) is 4.39 Å². The fourth-order valence-electron chi connectivity index (χ4n) is 1.29. The summed E-state index contributed by atoms with van der Waals surface area (Å²) < 4.78 is 23.3. The second-order valence-electron chi connectivity index (χ2n) is 3.32. The molecule has 0 aliphatic rings. The van der Waals surface area contributed by atoms with Gasteiger partial charge in [0.2, 0.25) is 0 Å². The van der Waals surface area contributed by atoms with Gasteiger partial charge in [0.15, 0.2) is 17.8 Å². The Kier molecular flexibility index (Phi) is 5.59. The Hall–Kier alpha value is -1.46. The number of rotatable bonds is 6. The van der Waals surface area contributed by atoms with Crippen LogP contribution in [0, 0.1) is 5.82 Å². The van der Waals surface area contributed by atoms with E-state index >= 15 is 0 Å². The lowest BCUT2D eigenvalue weighted by atomic mass is 10.2. The van der Waals surface area contributed by atoms with Crippen LogP contribution in [0.5, 0.6) is 5.75 Å². The van der Waals surface area contributed by atoms with E-state index in [9.17, 15) is 4.39 Å². The van der Waals surface area contributed by atoms with Crippen molar-refractivity contribution in [2.45, 2.75) is 13.2 Å². The average molecular weight is 240 g/mol. The Bertz CT molecular complexity index is 383. The van der Waals surface area contributed by atoms with E-state index in [0.29, 0.717) is 13.2 Å². The van der Waals surface area contributed by atoms with Crippen LogP contribution >= 0.6 is 0 Å². The maximum absolute atomic E-state index is 13.1. The van der Waals surface area contributed by atoms with Crippen molar-refractivity contribution in [3.63, 3.8) is 0 Å². The number of ether oxygens (including phenoxy) is 2. The summed E-state index contributed by atoms with van der Waals surface area (Å²) in [7, 11) is 1.42. The lowest BCUT2D eigenvalue weighted by Gasteiger charge is -2.09. The highest BCUT2D eigenvalue weighted by Crippen LogP contribution is 2.17. The smallest absolute Gasteiger partial charge is 0.165 e. The van der Waals surface area contributed by atoms with Crippen molar-refractivity contribution in [1.29, 1.82) is 0 Å². The highest BCUT2D eigenvalue weighted by atomic mass is 19.1. The minimum Gasteiger partial charge on any atom is -0.494 e. The zero-order valence-electron chi connectivity index (χ0n) is 10.0. The lowest BCUT2D eigenvalue weighted by molar-refractivity contribution is 0.0762. The van der Waals surface area contributed by atoms with E-state index in [2.05, 4.69) is 4.99 Å². The number of hydrogen-bond acceptors (Lipinski definition) is 4. The molecule has 0 aliphatic heterocycles. The quantitative estimate of drug-likeness (QED) is 0.768. The first-order chi connectivity index (χ1) is 8.21. The van der Waals surface area contributed by atoms with Crippen LogP contribution in [0.15, 0.2) is 23.2 Å². The Balaban J connectivity index is 2.76. The van der Waals surface area contributed by atoms with E-state index in [0.717, 1.165) is 5.56 Å². The molecule has 0 amide bonds. The molecular formula is C12H17FN2O2. The third kappa shape index (κ3) is 4.13. The van der Waals surface area contributed by atoms with Gasteiger partial charge in [-0.05, 0) is 24.6 Å². The number of halogens is 1. The van der Waals surface area contributed by atoms with Crippen molar-refractivity contribution >= 4 is 6.21 Å². The maximum Gasteiger partial charge on any atom is 0.165 e. The molecule has 0 aromatic heterocycles. The molecule has 1 aromatic carbocycles. The Morgan fingerprint density at radius 1 is 1.53 bits per heavy atom. The number of hydrogen-bond donors (Lipinski definition) is 1. The molecule has 0 heterocycles. The van der Waals surface area contributed by atoms with Gasteiger partial charge >= 0.3 is 0 Å². The van der Waals surface area contributed by atoms with Crippen molar-refractivity contribution in [2.75, 3.05) is 20.3 Å². The fourth-order valence-corrected chi connectivity index (χ4v) is 1.29. The van der Waals surface area contributed by atoms with Crippen LogP contribution in [-0.2, 0) is 4.74 Å². The van der Waals surface area contributed by atoms with E-state index in [-0.39, 0.29) is 12.0 Å². The second-order valence-corrected chi connectivity index (χ2v) is 3.32. The van der Waals surface area contributed by atoms with Crippen molar-refractivity contribution in [3.8, 4) is 5.75 Å². The van der Waals surface area contributed by atoms with Gasteiger partial charge in [-0.1, -0.05) is 6.07 Å². The van der Waals surface area contributed by atoms with Gasteiger partial charge in [-0.15, -0.1) is 0 Å². The predicted octanol–water partition coefficient (Wildman–Crippen LogP) is 1.57. The van der Waals surface area contributed by atoms with Gasteiger partial charge in [0, 0.05) is 19.4 Å². The molecule has 1 aromatic rings. The van der Waals surface area contributed by atoms with Crippen molar-refractivity contribution < 1.29 is 13.9 Å². The molecule has 0 fully saturated rings. The number of aliphatic imine (C=N–C) groups is 1. The number of methoxy groups -OCH3 is 1. The molecule has 4 nitrogen and oxygen atoms in total. The highest BCUT2D eigenvalue weighted by Gasteiger charge is 2.03. The van der Waals surface area contributed by atoms with Crippen LogP contribution in [-0.4, -0.2) is 32.7 Å². The maximum atomic E-state index is 13.1. The van der Waals surface area contributed by atoms with Crippen molar-refractivity contribution in [1.82, 2.24) is 0 Å². The van der Waals surface area contributed by atoms with Crippen LogP contribution in [0.4, 0.5) is 4.39 Å². The monoisotopic (exact) mass is 240 g/mol. The first kappa shape index (κ1) is 13.6. The van der Waals surface area contributed by atoms with E-state index in [1.807, 2.05) is 6.92 Å². The van der Waals surface area contributed by atoms with Crippen molar-refractivity contribution in [2.24, 2.45) is 10.7 Å².